The molecule has 1 aromatic rings. The molecule has 2 nitrogen and oxygen atoms in total. The van der Waals surface area contributed by atoms with Crippen LogP contribution in [-0.2, 0) is 5.54 Å². The summed E-state index contributed by atoms with van der Waals surface area (Å²) in [5.41, 5.74) is 2.54. The Kier molecular flexibility index (Phi) is 3.13. The van der Waals surface area contributed by atoms with Gasteiger partial charge in [0, 0.05) is 19.6 Å². The molecule has 0 radical (unpaired) electrons. The van der Waals surface area contributed by atoms with Gasteiger partial charge in [-0.1, -0.05) is 17.7 Å². The maximum atomic E-state index is 6.18. The van der Waals surface area contributed by atoms with Crippen LogP contribution in [0.1, 0.15) is 25.3 Å². The Labute approximate surface area is 103 Å². The molecule has 16 heavy (non-hydrogen) atoms. The van der Waals surface area contributed by atoms with Gasteiger partial charge in [-0.2, -0.15) is 0 Å². The minimum Gasteiger partial charge on any atom is -0.376 e. The molecule has 0 aliphatic carbocycles. The van der Waals surface area contributed by atoms with Crippen molar-refractivity contribution in [2.45, 2.75) is 25.3 Å². The number of halogens is 1. The fraction of sp³-hybridized carbons (Fsp3) is 0.538. The standard InChI is InChI=1S/C13H19ClN2/c1-13(7-4-8-15-13)10-5-6-11(14)12(9-10)16(2)3/h5-6,9,15H,4,7-8H2,1-3H3. The van der Waals surface area contributed by atoms with E-state index in [0.29, 0.717) is 0 Å². The molecule has 1 aliphatic heterocycles. The Morgan fingerprint density at radius 2 is 2.12 bits per heavy atom. The molecule has 2 rings (SSSR count). The quantitative estimate of drug-likeness (QED) is 0.852. The average molecular weight is 239 g/mol. The molecule has 1 atom stereocenters. The first-order valence-electron chi connectivity index (χ1n) is 5.75. The molecule has 88 valence electrons. The molecule has 0 amide bonds. The second-order valence-corrected chi connectivity index (χ2v) is 5.33. The van der Waals surface area contributed by atoms with Crippen LogP contribution in [0.2, 0.25) is 5.02 Å². The van der Waals surface area contributed by atoms with Gasteiger partial charge in [-0.15, -0.1) is 0 Å². The van der Waals surface area contributed by atoms with Crippen molar-refractivity contribution in [3.05, 3.63) is 28.8 Å². The van der Waals surface area contributed by atoms with Crippen LogP contribution in [0.3, 0.4) is 0 Å². The van der Waals surface area contributed by atoms with Gasteiger partial charge in [0.1, 0.15) is 0 Å². The van der Waals surface area contributed by atoms with Gasteiger partial charge in [0.2, 0.25) is 0 Å². The Morgan fingerprint density at radius 3 is 2.69 bits per heavy atom. The smallest absolute Gasteiger partial charge is 0.0639 e. The fourth-order valence-corrected chi connectivity index (χ4v) is 2.63. The number of hydrogen-bond donors (Lipinski definition) is 1. The molecule has 3 heteroatoms. The highest BCUT2D eigenvalue weighted by Gasteiger charge is 2.30. The topological polar surface area (TPSA) is 15.3 Å². The van der Waals surface area contributed by atoms with Gasteiger partial charge < -0.3 is 10.2 Å². The van der Waals surface area contributed by atoms with Crippen molar-refractivity contribution in [1.82, 2.24) is 5.32 Å². The van der Waals surface area contributed by atoms with Gasteiger partial charge in [0.05, 0.1) is 10.7 Å². The van der Waals surface area contributed by atoms with Crippen LogP contribution in [0.4, 0.5) is 5.69 Å². The predicted octanol–water partition coefficient (Wildman–Crippen LogP) is 3.00. The molecule has 1 unspecified atom stereocenters. The first-order chi connectivity index (χ1) is 7.53. The zero-order valence-electron chi connectivity index (χ0n) is 10.2. The van der Waals surface area contributed by atoms with Crippen molar-refractivity contribution in [2.75, 3.05) is 25.5 Å². The molecule has 0 aromatic heterocycles. The first kappa shape index (κ1) is 11.7. The number of nitrogens with zero attached hydrogens (tertiary/aromatic N) is 1. The maximum absolute atomic E-state index is 6.18. The first-order valence-corrected chi connectivity index (χ1v) is 6.13. The van der Waals surface area contributed by atoms with Crippen molar-refractivity contribution >= 4 is 17.3 Å². The molecule has 1 heterocycles. The van der Waals surface area contributed by atoms with E-state index in [1.165, 1.54) is 18.4 Å². The van der Waals surface area contributed by atoms with E-state index in [1.54, 1.807) is 0 Å². The van der Waals surface area contributed by atoms with Crippen LogP contribution in [-0.4, -0.2) is 20.6 Å². The summed E-state index contributed by atoms with van der Waals surface area (Å²) in [4.78, 5) is 2.06. The van der Waals surface area contributed by atoms with Gasteiger partial charge in [0.25, 0.3) is 0 Å². The summed E-state index contributed by atoms with van der Waals surface area (Å²) in [5, 5.41) is 4.39. The van der Waals surface area contributed by atoms with Gasteiger partial charge in [0.15, 0.2) is 0 Å². The normalized spacial score (nSPS) is 24.8. The molecule has 0 spiro atoms. The zero-order valence-corrected chi connectivity index (χ0v) is 10.9. The molecule has 1 aliphatic rings. The minimum atomic E-state index is 0.120. The summed E-state index contributed by atoms with van der Waals surface area (Å²) in [5.74, 6) is 0. The van der Waals surface area contributed by atoms with Crippen molar-refractivity contribution in [3.8, 4) is 0 Å². The third kappa shape index (κ3) is 2.04. The summed E-state index contributed by atoms with van der Waals surface area (Å²) in [6, 6.07) is 6.33. The van der Waals surface area contributed by atoms with Crippen LogP contribution in [0.15, 0.2) is 18.2 Å². The highest BCUT2D eigenvalue weighted by Crippen LogP contribution is 2.34. The molecular formula is C13H19ClN2. The van der Waals surface area contributed by atoms with Gasteiger partial charge in [-0.25, -0.2) is 0 Å². The lowest BCUT2D eigenvalue weighted by Crippen LogP contribution is -2.33. The SMILES string of the molecule is CN(C)c1cc(C2(C)CCCN2)ccc1Cl. The number of hydrogen-bond acceptors (Lipinski definition) is 2. The van der Waals surface area contributed by atoms with E-state index in [1.807, 2.05) is 20.2 Å². The molecular weight excluding hydrogens is 220 g/mol. The third-order valence-corrected chi connectivity index (χ3v) is 3.75. The minimum absolute atomic E-state index is 0.120. The van der Waals surface area contributed by atoms with E-state index in [-0.39, 0.29) is 5.54 Å². The number of rotatable bonds is 2. The summed E-state index contributed by atoms with van der Waals surface area (Å²) >= 11 is 6.18. The fourth-order valence-electron chi connectivity index (χ4n) is 2.34. The van der Waals surface area contributed by atoms with Crippen LogP contribution < -0.4 is 10.2 Å². The third-order valence-electron chi connectivity index (χ3n) is 3.43. The Hall–Kier alpha value is -0.730. The van der Waals surface area contributed by atoms with Crippen molar-refractivity contribution in [3.63, 3.8) is 0 Å². The lowest BCUT2D eigenvalue weighted by molar-refractivity contribution is 0.435. The lowest BCUT2D eigenvalue weighted by atomic mass is 9.90. The average Bonchev–Trinajstić information content (AvgIpc) is 2.66. The molecule has 0 saturated carbocycles. The zero-order chi connectivity index (χ0) is 11.8. The van der Waals surface area contributed by atoms with Crippen LogP contribution in [0.25, 0.3) is 0 Å². The highest BCUT2D eigenvalue weighted by atomic mass is 35.5. The summed E-state index contributed by atoms with van der Waals surface area (Å²) < 4.78 is 0. The molecule has 1 aromatic carbocycles. The molecule has 0 bridgehead atoms. The van der Waals surface area contributed by atoms with Crippen LogP contribution in [0.5, 0.6) is 0 Å². The van der Waals surface area contributed by atoms with E-state index in [2.05, 4.69) is 29.3 Å². The maximum Gasteiger partial charge on any atom is 0.0639 e. The number of benzene rings is 1. The largest absolute Gasteiger partial charge is 0.376 e. The summed E-state index contributed by atoms with van der Waals surface area (Å²) in [6.45, 7) is 3.37. The summed E-state index contributed by atoms with van der Waals surface area (Å²) in [6.07, 6.45) is 2.44. The monoisotopic (exact) mass is 238 g/mol. The summed E-state index contributed by atoms with van der Waals surface area (Å²) in [7, 11) is 4.05. The Morgan fingerprint density at radius 1 is 1.38 bits per heavy atom. The van der Waals surface area contributed by atoms with Crippen molar-refractivity contribution in [2.24, 2.45) is 0 Å². The van der Waals surface area contributed by atoms with Crippen molar-refractivity contribution in [1.29, 1.82) is 0 Å². The van der Waals surface area contributed by atoms with Crippen molar-refractivity contribution < 1.29 is 0 Å². The van der Waals surface area contributed by atoms with Gasteiger partial charge in [-0.05, 0) is 44.0 Å². The van der Waals surface area contributed by atoms with Crippen LogP contribution >= 0.6 is 11.6 Å². The van der Waals surface area contributed by atoms with E-state index in [9.17, 15) is 0 Å². The van der Waals surface area contributed by atoms with Crippen LogP contribution in [0, 0.1) is 0 Å². The van der Waals surface area contributed by atoms with E-state index < -0.39 is 0 Å². The predicted molar refractivity (Wildman–Crippen MR) is 70.4 cm³/mol. The second kappa shape index (κ2) is 4.27. The Bertz CT molecular complexity index is 382. The molecule has 1 saturated heterocycles. The molecule has 1 N–H and O–H groups in total. The second-order valence-electron chi connectivity index (χ2n) is 4.92. The Balaban J connectivity index is 2.39. The lowest BCUT2D eigenvalue weighted by Gasteiger charge is -2.27. The number of nitrogens with one attached hydrogen (secondary N) is 1. The van der Waals surface area contributed by atoms with E-state index in [4.69, 9.17) is 11.6 Å². The van der Waals surface area contributed by atoms with E-state index >= 15 is 0 Å². The highest BCUT2D eigenvalue weighted by molar-refractivity contribution is 6.33. The van der Waals surface area contributed by atoms with Gasteiger partial charge in [-0.3, -0.25) is 0 Å². The number of anilines is 1. The van der Waals surface area contributed by atoms with E-state index in [0.717, 1.165) is 17.3 Å². The molecule has 1 fully saturated rings. The van der Waals surface area contributed by atoms with Gasteiger partial charge >= 0.3 is 0 Å².